The largest absolute Gasteiger partial charge is 0.382 e. The minimum Gasteiger partial charge on any atom is -0.382 e. The number of aldehydes is 1. The minimum atomic E-state index is -0.508. The standard InChI is InChI=1S/C12H21ClN8O2/c13-9-11(16)21-10(15)8(20-9)12(23)19-4-3-17-5-7(6-22)18-2-1-14/h6-7,17-18H,1-5,14H2,(H,19,23)(H4,15,16,21). The summed E-state index contributed by atoms with van der Waals surface area (Å²) in [4.78, 5) is 30.2. The Bertz CT molecular complexity index is 542. The summed E-state index contributed by atoms with van der Waals surface area (Å²) in [6, 6.07) is -0.327. The zero-order valence-electron chi connectivity index (χ0n) is 12.5. The van der Waals surface area contributed by atoms with Gasteiger partial charge in [0.1, 0.15) is 6.29 Å². The molecule has 0 saturated carbocycles. The van der Waals surface area contributed by atoms with Gasteiger partial charge in [0.15, 0.2) is 22.5 Å². The molecule has 0 aliphatic heterocycles. The van der Waals surface area contributed by atoms with Gasteiger partial charge in [0.2, 0.25) is 0 Å². The molecule has 1 rings (SSSR count). The van der Waals surface area contributed by atoms with Gasteiger partial charge in [0, 0.05) is 32.7 Å². The molecule has 1 atom stereocenters. The first kappa shape index (κ1) is 19.0. The number of halogens is 1. The molecule has 0 bridgehead atoms. The maximum absolute atomic E-state index is 11.9. The predicted molar refractivity (Wildman–Crippen MR) is 88.0 cm³/mol. The van der Waals surface area contributed by atoms with E-state index in [9.17, 15) is 9.59 Å². The highest BCUT2D eigenvalue weighted by molar-refractivity contribution is 6.31. The van der Waals surface area contributed by atoms with Crippen LogP contribution in [0.15, 0.2) is 0 Å². The van der Waals surface area contributed by atoms with Crippen LogP contribution in [0.5, 0.6) is 0 Å². The molecule has 0 aliphatic carbocycles. The van der Waals surface area contributed by atoms with Crippen LogP contribution in [-0.4, -0.2) is 60.9 Å². The van der Waals surface area contributed by atoms with E-state index in [1.807, 2.05) is 0 Å². The van der Waals surface area contributed by atoms with E-state index < -0.39 is 5.91 Å². The first-order valence-electron chi connectivity index (χ1n) is 6.95. The van der Waals surface area contributed by atoms with Gasteiger partial charge in [0.05, 0.1) is 6.04 Å². The van der Waals surface area contributed by atoms with Crippen LogP contribution in [0.1, 0.15) is 10.5 Å². The van der Waals surface area contributed by atoms with Crippen molar-refractivity contribution in [3.8, 4) is 0 Å². The molecule has 0 aromatic carbocycles. The van der Waals surface area contributed by atoms with Gasteiger partial charge in [-0.25, -0.2) is 9.97 Å². The van der Waals surface area contributed by atoms with Crippen molar-refractivity contribution >= 4 is 35.4 Å². The summed E-state index contributed by atoms with van der Waals surface area (Å²) in [7, 11) is 0. The van der Waals surface area contributed by atoms with E-state index in [4.69, 9.17) is 28.8 Å². The Kier molecular flexibility index (Phi) is 8.19. The summed E-state index contributed by atoms with van der Waals surface area (Å²) >= 11 is 5.71. The van der Waals surface area contributed by atoms with Crippen LogP contribution in [0.2, 0.25) is 5.15 Å². The SMILES string of the molecule is NCCNC(C=O)CNCCNC(=O)c1nc(Cl)c(N)nc1N. The van der Waals surface area contributed by atoms with Gasteiger partial charge in [-0.15, -0.1) is 0 Å². The van der Waals surface area contributed by atoms with Gasteiger partial charge in [-0.05, 0) is 0 Å². The highest BCUT2D eigenvalue weighted by Gasteiger charge is 2.15. The summed E-state index contributed by atoms with van der Waals surface area (Å²) in [6.07, 6.45) is 0.800. The van der Waals surface area contributed by atoms with E-state index in [0.717, 1.165) is 6.29 Å². The summed E-state index contributed by atoms with van der Waals surface area (Å²) < 4.78 is 0. The minimum absolute atomic E-state index is 0.0349. The molecule has 0 saturated heterocycles. The van der Waals surface area contributed by atoms with Crippen molar-refractivity contribution in [2.24, 2.45) is 5.73 Å². The number of nitrogens with one attached hydrogen (secondary N) is 3. The second-order valence-corrected chi connectivity index (χ2v) is 4.94. The fourth-order valence-corrected chi connectivity index (χ4v) is 1.78. The molecule has 1 heterocycles. The Labute approximate surface area is 138 Å². The van der Waals surface area contributed by atoms with Crippen molar-refractivity contribution in [1.82, 2.24) is 25.9 Å². The van der Waals surface area contributed by atoms with E-state index in [2.05, 4.69) is 25.9 Å². The van der Waals surface area contributed by atoms with Crippen LogP contribution in [-0.2, 0) is 4.79 Å². The van der Waals surface area contributed by atoms with Gasteiger partial charge in [-0.3, -0.25) is 4.79 Å². The molecule has 0 fully saturated rings. The molecule has 128 valence electrons. The highest BCUT2D eigenvalue weighted by atomic mass is 35.5. The van der Waals surface area contributed by atoms with Crippen LogP contribution in [0.4, 0.5) is 11.6 Å². The lowest BCUT2D eigenvalue weighted by Gasteiger charge is -2.13. The number of nitrogens with zero attached hydrogens (tertiary/aromatic N) is 2. The third-order valence-electron chi connectivity index (χ3n) is 2.79. The quantitative estimate of drug-likeness (QED) is 0.202. The maximum atomic E-state index is 11.9. The number of rotatable bonds is 10. The van der Waals surface area contributed by atoms with Crippen molar-refractivity contribution in [3.05, 3.63) is 10.8 Å². The van der Waals surface area contributed by atoms with Crippen LogP contribution >= 0.6 is 11.6 Å². The van der Waals surface area contributed by atoms with Gasteiger partial charge >= 0.3 is 0 Å². The molecular weight excluding hydrogens is 324 g/mol. The van der Waals surface area contributed by atoms with Crippen LogP contribution in [0, 0.1) is 0 Å². The van der Waals surface area contributed by atoms with E-state index in [-0.39, 0.29) is 28.5 Å². The average molecular weight is 345 g/mol. The summed E-state index contributed by atoms with van der Waals surface area (Å²) in [5, 5.41) is 8.51. The summed E-state index contributed by atoms with van der Waals surface area (Å²) in [5.41, 5.74) is 16.3. The molecule has 1 unspecified atom stereocenters. The summed E-state index contributed by atoms with van der Waals surface area (Å²) in [5.74, 6) is -0.636. The van der Waals surface area contributed by atoms with Crippen molar-refractivity contribution in [1.29, 1.82) is 0 Å². The summed E-state index contributed by atoms with van der Waals surface area (Å²) in [6.45, 7) is 2.19. The number of aromatic nitrogens is 2. The Morgan fingerprint density at radius 1 is 1.22 bits per heavy atom. The number of carbonyl (C=O) groups excluding carboxylic acids is 2. The highest BCUT2D eigenvalue weighted by Crippen LogP contribution is 2.16. The molecule has 9 N–H and O–H groups in total. The smallest absolute Gasteiger partial charge is 0.273 e. The van der Waals surface area contributed by atoms with Crippen LogP contribution in [0.3, 0.4) is 0 Å². The third kappa shape index (κ3) is 6.32. The number of carbonyl (C=O) groups is 2. The Morgan fingerprint density at radius 3 is 2.61 bits per heavy atom. The molecule has 1 aromatic rings. The maximum Gasteiger partial charge on any atom is 0.273 e. The average Bonchev–Trinajstić information content (AvgIpc) is 2.53. The lowest BCUT2D eigenvalue weighted by molar-refractivity contribution is -0.109. The number of nitrogen functional groups attached to an aromatic ring is 2. The van der Waals surface area contributed by atoms with E-state index in [0.29, 0.717) is 32.7 Å². The van der Waals surface area contributed by atoms with E-state index in [1.165, 1.54) is 0 Å². The molecule has 11 heteroatoms. The molecule has 0 radical (unpaired) electrons. The zero-order valence-corrected chi connectivity index (χ0v) is 13.3. The Balaban J connectivity index is 2.34. The van der Waals surface area contributed by atoms with Crippen molar-refractivity contribution in [3.63, 3.8) is 0 Å². The second-order valence-electron chi connectivity index (χ2n) is 4.58. The fraction of sp³-hybridized carbons (Fsp3) is 0.500. The molecule has 10 nitrogen and oxygen atoms in total. The molecule has 0 spiro atoms. The van der Waals surface area contributed by atoms with Gasteiger partial charge in [-0.2, -0.15) is 0 Å². The van der Waals surface area contributed by atoms with Crippen LogP contribution in [0.25, 0.3) is 0 Å². The van der Waals surface area contributed by atoms with E-state index >= 15 is 0 Å². The van der Waals surface area contributed by atoms with Crippen molar-refractivity contribution in [2.75, 3.05) is 44.2 Å². The Morgan fingerprint density at radius 2 is 1.96 bits per heavy atom. The second kappa shape index (κ2) is 9.90. The molecular formula is C12H21ClN8O2. The molecule has 0 aliphatic rings. The topological polar surface area (TPSA) is 174 Å². The van der Waals surface area contributed by atoms with E-state index in [1.54, 1.807) is 0 Å². The number of anilines is 2. The molecule has 1 aromatic heterocycles. The number of hydrogen-bond acceptors (Lipinski definition) is 9. The predicted octanol–water partition coefficient (Wildman–Crippen LogP) is -2.27. The fourth-order valence-electron chi connectivity index (χ4n) is 1.65. The van der Waals surface area contributed by atoms with Crippen LogP contribution < -0.4 is 33.2 Å². The van der Waals surface area contributed by atoms with Gasteiger partial charge < -0.3 is 37.9 Å². The Hall–Kier alpha value is -2.01. The normalized spacial score (nSPS) is 11.9. The monoisotopic (exact) mass is 344 g/mol. The lowest BCUT2D eigenvalue weighted by Crippen LogP contribution is -2.43. The zero-order chi connectivity index (χ0) is 17.2. The van der Waals surface area contributed by atoms with Gasteiger partial charge in [-0.1, -0.05) is 11.6 Å². The molecule has 1 amide bonds. The number of hydrogen-bond donors (Lipinski definition) is 6. The number of nitrogens with two attached hydrogens (primary N) is 3. The lowest BCUT2D eigenvalue weighted by atomic mass is 10.3. The first-order chi connectivity index (χ1) is 11.0. The number of amides is 1. The third-order valence-corrected chi connectivity index (χ3v) is 3.06. The van der Waals surface area contributed by atoms with Crippen molar-refractivity contribution < 1.29 is 9.59 Å². The van der Waals surface area contributed by atoms with Crippen molar-refractivity contribution in [2.45, 2.75) is 6.04 Å². The van der Waals surface area contributed by atoms with Gasteiger partial charge in [0.25, 0.3) is 5.91 Å². The first-order valence-corrected chi connectivity index (χ1v) is 7.33. The molecule has 23 heavy (non-hydrogen) atoms.